The lowest BCUT2D eigenvalue weighted by molar-refractivity contribution is -0.133. The summed E-state index contributed by atoms with van der Waals surface area (Å²) in [4.78, 5) is 29.2. The van der Waals surface area contributed by atoms with Crippen molar-refractivity contribution in [2.45, 2.75) is 39.3 Å². The minimum absolute atomic E-state index is 0.0201. The van der Waals surface area contributed by atoms with E-state index in [-0.39, 0.29) is 24.7 Å². The number of anilines is 1. The van der Waals surface area contributed by atoms with E-state index in [4.69, 9.17) is 5.10 Å². The Balaban J connectivity index is 1.39. The van der Waals surface area contributed by atoms with Crippen molar-refractivity contribution in [3.63, 3.8) is 0 Å². The molecule has 2 aromatic carbocycles. The Labute approximate surface area is 183 Å². The number of carbonyl (C=O) groups excluding carboxylic acids is 2. The van der Waals surface area contributed by atoms with Gasteiger partial charge in [0.05, 0.1) is 17.9 Å². The number of fused-ring (bicyclic) bond motifs is 1. The number of nitrogens with zero attached hydrogens (tertiary/aromatic N) is 4. The molecule has 160 valence electrons. The van der Waals surface area contributed by atoms with E-state index in [0.717, 1.165) is 35.6 Å². The fourth-order valence-corrected chi connectivity index (χ4v) is 4.04. The van der Waals surface area contributed by atoms with Gasteiger partial charge in [0.2, 0.25) is 11.8 Å². The Hall–Kier alpha value is -3.41. The van der Waals surface area contributed by atoms with Gasteiger partial charge in [-0.3, -0.25) is 14.3 Å². The van der Waals surface area contributed by atoms with Gasteiger partial charge >= 0.3 is 0 Å². The molecule has 6 nitrogen and oxygen atoms in total. The van der Waals surface area contributed by atoms with Crippen LogP contribution in [0.1, 0.15) is 31.9 Å². The second-order valence-corrected chi connectivity index (χ2v) is 7.75. The molecule has 0 saturated heterocycles. The Morgan fingerprint density at radius 2 is 1.68 bits per heavy atom. The van der Waals surface area contributed by atoms with Gasteiger partial charge < -0.3 is 9.80 Å². The maximum atomic E-state index is 12.9. The Morgan fingerprint density at radius 1 is 0.968 bits per heavy atom. The SMILES string of the molecule is CCN(C(=O)CCC(=O)N1CCCn2nc(-c3ccccc3)cc2C1)c1ccccc1. The molecular weight excluding hydrogens is 388 g/mol. The highest BCUT2D eigenvalue weighted by molar-refractivity contribution is 5.95. The molecule has 0 spiro atoms. The summed E-state index contributed by atoms with van der Waals surface area (Å²) in [5.41, 5.74) is 3.92. The number of aromatic nitrogens is 2. The molecule has 1 aromatic heterocycles. The molecule has 0 atom stereocenters. The zero-order chi connectivity index (χ0) is 21.6. The predicted octanol–water partition coefficient (Wildman–Crippen LogP) is 4.12. The molecule has 31 heavy (non-hydrogen) atoms. The average Bonchev–Trinajstić information content (AvgIpc) is 3.10. The van der Waals surface area contributed by atoms with E-state index in [9.17, 15) is 9.59 Å². The monoisotopic (exact) mass is 416 g/mol. The smallest absolute Gasteiger partial charge is 0.227 e. The molecule has 0 fully saturated rings. The lowest BCUT2D eigenvalue weighted by Crippen LogP contribution is -2.34. The second kappa shape index (κ2) is 9.60. The predicted molar refractivity (Wildman–Crippen MR) is 121 cm³/mol. The molecule has 1 aliphatic rings. The molecule has 4 rings (SSSR count). The first-order valence-corrected chi connectivity index (χ1v) is 10.9. The average molecular weight is 417 g/mol. The summed E-state index contributed by atoms with van der Waals surface area (Å²) in [6.45, 7) is 4.55. The van der Waals surface area contributed by atoms with Crippen molar-refractivity contribution in [1.82, 2.24) is 14.7 Å². The first-order chi connectivity index (χ1) is 15.2. The summed E-state index contributed by atoms with van der Waals surface area (Å²) in [7, 11) is 0. The number of hydrogen-bond acceptors (Lipinski definition) is 3. The van der Waals surface area contributed by atoms with Crippen LogP contribution in [-0.2, 0) is 22.7 Å². The molecular formula is C25H28N4O2. The van der Waals surface area contributed by atoms with Crippen molar-refractivity contribution < 1.29 is 9.59 Å². The Morgan fingerprint density at radius 3 is 2.39 bits per heavy atom. The Kier molecular flexibility index (Phi) is 6.46. The highest BCUT2D eigenvalue weighted by Gasteiger charge is 2.22. The third-order valence-corrected chi connectivity index (χ3v) is 5.67. The molecule has 2 heterocycles. The van der Waals surface area contributed by atoms with Crippen LogP contribution in [0.25, 0.3) is 11.3 Å². The van der Waals surface area contributed by atoms with E-state index in [0.29, 0.717) is 19.6 Å². The molecule has 0 N–H and O–H groups in total. The van der Waals surface area contributed by atoms with Gasteiger partial charge in [0, 0.05) is 43.7 Å². The van der Waals surface area contributed by atoms with E-state index in [2.05, 4.69) is 6.07 Å². The fourth-order valence-electron chi connectivity index (χ4n) is 4.04. The molecule has 3 aromatic rings. The Bertz CT molecular complexity index is 1030. The molecule has 0 bridgehead atoms. The largest absolute Gasteiger partial charge is 0.337 e. The van der Waals surface area contributed by atoms with Crippen molar-refractivity contribution in [2.24, 2.45) is 0 Å². The van der Waals surface area contributed by atoms with Crippen LogP contribution in [0.4, 0.5) is 5.69 Å². The quantitative estimate of drug-likeness (QED) is 0.607. The van der Waals surface area contributed by atoms with Crippen molar-refractivity contribution in [3.05, 3.63) is 72.4 Å². The van der Waals surface area contributed by atoms with E-state index >= 15 is 0 Å². The van der Waals surface area contributed by atoms with Crippen LogP contribution in [-0.4, -0.2) is 39.6 Å². The fraction of sp³-hybridized carbons (Fsp3) is 0.320. The van der Waals surface area contributed by atoms with Gasteiger partial charge in [0.15, 0.2) is 0 Å². The maximum absolute atomic E-state index is 12.9. The number of rotatable bonds is 6. The van der Waals surface area contributed by atoms with E-state index in [1.54, 1.807) is 4.90 Å². The number of para-hydroxylation sites is 1. The summed E-state index contributed by atoms with van der Waals surface area (Å²) in [6.07, 6.45) is 1.29. The van der Waals surface area contributed by atoms with Gasteiger partial charge in [-0.05, 0) is 31.5 Å². The zero-order valence-corrected chi connectivity index (χ0v) is 17.9. The van der Waals surface area contributed by atoms with Crippen LogP contribution in [0, 0.1) is 0 Å². The van der Waals surface area contributed by atoms with Crippen LogP contribution < -0.4 is 4.90 Å². The number of carbonyl (C=O) groups is 2. The third-order valence-electron chi connectivity index (χ3n) is 5.67. The lowest BCUT2D eigenvalue weighted by Gasteiger charge is -2.23. The number of amides is 2. The first kappa shape index (κ1) is 20.8. The van der Waals surface area contributed by atoms with Gasteiger partial charge in [-0.1, -0.05) is 48.5 Å². The van der Waals surface area contributed by atoms with Crippen molar-refractivity contribution in [1.29, 1.82) is 0 Å². The van der Waals surface area contributed by atoms with Gasteiger partial charge in [-0.2, -0.15) is 5.10 Å². The molecule has 6 heteroatoms. The molecule has 0 radical (unpaired) electrons. The number of hydrogen-bond donors (Lipinski definition) is 0. The first-order valence-electron chi connectivity index (χ1n) is 10.9. The van der Waals surface area contributed by atoms with Crippen LogP contribution in [0.2, 0.25) is 0 Å². The molecule has 0 aliphatic carbocycles. The van der Waals surface area contributed by atoms with Gasteiger partial charge in [-0.15, -0.1) is 0 Å². The highest BCUT2D eigenvalue weighted by atomic mass is 16.2. The standard InChI is InChI=1S/C25H28N4O2/c1-2-28(21-12-7-4-8-13-21)25(31)15-14-24(30)27-16-9-17-29-22(19-27)18-23(26-29)20-10-5-3-6-11-20/h3-8,10-13,18H,2,9,14-17,19H2,1H3. The van der Waals surface area contributed by atoms with Crippen LogP contribution in [0.15, 0.2) is 66.7 Å². The second-order valence-electron chi connectivity index (χ2n) is 7.75. The van der Waals surface area contributed by atoms with E-state index < -0.39 is 0 Å². The number of benzene rings is 2. The summed E-state index contributed by atoms with van der Waals surface area (Å²) >= 11 is 0. The van der Waals surface area contributed by atoms with Crippen molar-refractivity contribution in [3.8, 4) is 11.3 Å². The lowest BCUT2D eigenvalue weighted by atomic mass is 10.1. The van der Waals surface area contributed by atoms with Crippen LogP contribution >= 0.6 is 0 Å². The highest BCUT2D eigenvalue weighted by Crippen LogP contribution is 2.22. The van der Waals surface area contributed by atoms with Crippen molar-refractivity contribution >= 4 is 17.5 Å². The molecule has 2 amide bonds. The summed E-state index contributed by atoms with van der Waals surface area (Å²) in [5.74, 6) is 0.00153. The summed E-state index contributed by atoms with van der Waals surface area (Å²) in [5, 5.41) is 4.73. The zero-order valence-electron chi connectivity index (χ0n) is 17.9. The summed E-state index contributed by atoms with van der Waals surface area (Å²) < 4.78 is 2.01. The van der Waals surface area contributed by atoms with Crippen LogP contribution in [0.3, 0.4) is 0 Å². The normalized spacial score (nSPS) is 13.4. The molecule has 0 unspecified atom stereocenters. The minimum Gasteiger partial charge on any atom is -0.337 e. The minimum atomic E-state index is -0.0201. The number of aryl methyl sites for hydroxylation is 1. The third kappa shape index (κ3) is 4.85. The van der Waals surface area contributed by atoms with Crippen LogP contribution in [0.5, 0.6) is 0 Å². The summed E-state index contributed by atoms with van der Waals surface area (Å²) in [6, 6.07) is 21.8. The van der Waals surface area contributed by atoms with Crippen molar-refractivity contribution in [2.75, 3.05) is 18.0 Å². The van der Waals surface area contributed by atoms with Gasteiger partial charge in [-0.25, -0.2) is 0 Å². The maximum Gasteiger partial charge on any atom is 0.227 e. The topological polar surface area (TPSA) is 58.4 Å². The van der Waals surface area contributed by atoms with E-state index in [1.807, 2.05) is 77.2 Å². The molecule has 0 saturated carbocycles. The van der Waals surface area contributed by atoms with Gasteiger partial charge in [0.1, 0.15) is 0 Å². The molecule has 1 aliphatic heterocycles. The van der Waals surface area contributed by atoms with Gasteiger partial charge in [0.25, 0.3) is 0 Å². The van der Waals surface area contributed by atoms with E-state index in [1.165, 1.54) is 0 Å².